The number of aryl methyl sites for hydroxylation is 1. The Kier molecular flexibility index (Phi) is 5.13. The van der Waals surface area contributed by atoms with Crippen molar-refractivity contribution in [1.82, 2.24) is 0 Å². The van der Waals surface area contributed by atoms with Crippen LogP contribution in [0.15, 0.2) is 39.2 Å². The molecule has 0 saturated heterocycles. The van der Waals surface area contributed by atoms with Crippen molar-refractivity contribution in [3.8, 4) is 5.75 Å². The molecule has 2 N–H and O–H groups in total. The molecule has 0 saturated carbocycles. The minimum atomic E-state index is -0.361. The lowest BCUT2D eigenvalue weighted by Gasteiger charge is -2.23. The number of hydrogen-bond donors (Lipinski definition) is 1. The second-order valence-corrected chi connectivity index (χ2v) is 5.96. The number of rotatable bonds is 5. The average molecular weight is 359 g/mol. The normalized spacial score (nSPS) is 14.1. The Balaban J connectivity index is 2.30. The summed E-state index contributed by atoms with van der Waals surface area (Å²) in [6, 6.07) is 9.09. The second-order valence-electron chi connectivity index (χ2n) is 4.63. The first-order valence-corrected chi connectivity index (χ1v) is 7.62. The quantitative estimate of drug-likeness (QED) is 0.830. The molecule has 0 radical (unpaired) electrons. The van der Waals surface area contributed by atoms with Crippen molar-refractivity contribution < 1.29 is 9.15 Å². The third-order valence-electron chi connectivity index (χ3n) is 3.05. The van der Waals surface area contributed by atoms with Gasteiger partial charge in [-0.05, 0) is 43.7 Å². The summed E-state index contributed by atoms with van der Waals surface area (Å²) in [4.78, 5) is 0. The summed E-state index contributed by atoms with van der Waals surface area (Å²) in [5, 5.41) is 0.546. The Labute approximate surface area is 132 Å². The molecule has 0 aliphatic heterocycles. The summed E-state index contributed by atoms with van der Waals surface area (Å²) in [6.07, 6.45) is 0.413. The van der Waals surface area contributed by atoms with E-state index in [-0.39, 0.29) is 12.1 Å². The van der Waals surface area contributed by atoms with Gasteiger partial charge in [0.1, 0.15) is 17.3 Å². The first-order chi connectivity index (χ1) is 9.51. The Morgan fingerprint density at radius 3 is 2.70 bits per heavy atom. The van der Waals surface area contributed by atoms with E-state index in [4.69, 9.17) is 26.5 Å². The van der Waals surface area contributed by atoms with Gasteiger partial charge in [0, 0.05) is 10.5 Å². The lowest BCUT2D eigenvalue weighted by Crippen LogP contribution is -2.31. The Bertz CT molecular complexity index is 585. The maximum atomic E-state index is 6.16. The van der Waals surface area contributed by atoms with E-state index in [9.17, 15) is 0 Å². The van der Waals surface area contributed by atoms with E-state index in [0.29, 0.717) is 16.5 Å². The predicted molar refractivity (Wildman–Crippen MR) is 84.2 cm³/mol. The first-order valence-electron chi connectivity index (χ1n) is 6.45. The molecule has 20 heavy (non-hydrogen) atoms. The maximum absolute atomic E-state index is 6.16. The van der Waals surface area contributed by atoms with Crippen molar-refractivity contribution in [3.05, 3.63) is 51.3 Å². The van der Waals surface area contributed by atoms with E-state index >= 15 is 0 Å². The first kappa shape index (κ1) is 15.4. The molecule has 2 aromatic rings. The van der Waals surface area contributed by atoms with Gasteiger partial charge in [0.25, 0.3) is 0 Å². The number of benzene rings is 1. The van der Waals surface area contributed by atoms with Crippen molar-refractivity contribution in [2.45, 2.75) is 32.4 Å². The molecule has 1 aromatic carbocycles. The van der Waals surface area contributed by atoms with E-state index in [2.05, 4.69) is 15.9 Å². The van der Waals surface area contributed by atoms with Crippen LogP contribution in [0.5, 0.6) is 5.75 Å². The molecule has 5 heteroatoms. The monoisotopic (exact) mass is 357 g/mol. The van der Waals surface area contributed by atoms with Gasteiger partial charge in [0.05, 0.1) is 5.02 Å². The van der Waals surface area contributed by atoms with Crippen LogP contribution in [0.25, 0.3) is 0 Å². The molecule has 0 bridgehead atoms. The molecule has 1 heterocycles. The number of hydrogen-bond acceptors (Lipinski definition) is 3. The highest BCUT2D eigenvalue weighted by Gasteiger charge is 2.24. The summed E-state index contributed by atoms with van der Waals surface area (Å²) in [5.74, 6) is 2.13. The number of nitrogens with two attached hydrogens (primary N) is 1. The van der Waals surface area contributed by atoms with Gasteiger partial charge < -0.3 is 14.9 Å². The lowest BCUT2D eigenvalue weighted by molar-refractivity contribution is 0.143. The number of halogens is 2. The van der Waals surface area contributed by atoms with Crippen molar-refractivity contribution in [1.29, 1.82) is 0 Å². The Morgan fingerprint density at radius 1 is 1.35 bits per heavy atom. The fourth-order valence-electron chi connectivity index (χ4n) is 1.88. The van der Waals surface area contributed by atoms with Crippen molar-refractivity contribution in [2.75, 3.05) is 0 Å². The Hall–Kier alpha value is -0.970. The van der Waals surface area contributed by atoms with Crippen LogP contribution in [0.1, 0.15) is 31.0 Å². The fourth-order valence-corrected chi connectivity index (χ4v) is 2.38. The largest absolute Gasteiger partial charge is 0.479 e. The van der Waals surface area contributed by atoms with E-state index in [1.807, 2.05) is 38.1 Å². The highest BCUT2D eigenvalue weighted by atomic mass is 79.9. The molecular formula is C15H17BrClNO2. The standard InChI is InChI=1S/C15H17BrClNO2/c1-3-12(18)15(13-7-4-9(2)19-13)20-14-8-10(16)5-6-11(14)17/h4-8,12,15H,3,18H2,1-2H3. The molecule has 1 aromatic heterocycles. The van der Waals surface area contributed by atoms with Crippen LogP contribution in [0.3, 0.4) is 0 Å². The van der Waals surface area contributed by atoms with E-state index in [1.54, 1.807) is 6.07 Å². The molecule has 0 aliphatic rings. The molecule has 3 nitrogen and oxygen atoms in total. The number of furan rings is 1. The fraction of sp³-hybridized carbons (Fsp3) is 0.333. The minimum Gasteiger partial charge on any atom is -0.479 e. The van der Waals surface area contributed by atoms with Crippen molar-refractivity contribution in [2.24, 2.45) is 5.73 Å². The average Bonchev–Trinajstić information content (AvgIpc) is 2.85. The summed E-state index contributed by atoms with van der Waals surface area (Å²) in [7, 11) is 0. The van der Waals surface area contributed by atoms with Gasteiger partial charge in [0.2, 0.25) is 0 Å². The van der Waals surface area contributed by atoms with Gasteiger partial charge in [-0.2, -0.15) is 0 Å². The Morgan fingerprint density at radius 2 is 2.10 bits per heavy atom. The third-order valence-corrected chi connectivity index (χ3v) is 3.85. The third kappa shape index (κ3) is 3.57. The second kappa shape index (κ2) is 6.66. The van der Waals surface area contributed by atoms with E-state index in [0.717, 1.165) is 16.7 Å². The molecule has 0 aliphatic carbocycles. The van der Waals surface area contributed by atoms with Gasteiger partial charge in [-0.25, -0.2) is 0 Å². The van der Waals surface area contributed by atoms with Gasteiger partial charge in [-0.1, -0.05) is 34.5 Å². The molecule has 0 fully saturated rings. The van der Waals surface area contributed by atoms with E-state index < -0.39 is 0 Å². The molecule has 0 spiro atoms. The minimum absolute atomic E-state index is 0.171. The van der Waals surface area contributed by atoms with Crippen molar-refractivity contribution >= 4 is 27.5 Å². The van der Waals surface area contributed by atoms with Crippen LogP contribution >= 0.6 is 27.5 Å². The van der Waals surface area contributed by atoms with E-state index in [1.165, 1.54) is 0 Å². The van der Waals surface area contributed by atoms with Crippen LogP contribution in [0.2, 0.25) is 5.02 Å². The molecular weight excluding hydrogens is 342 g/mol. The summed E-state index contributed by atoms with van der Waals surface area (Å²) < 4.78 is 12.5. The van der Waals surface area contributed by atoms with Crippen LogP contribution in [0.4, 0.5) is 0 Å². The zero-order chi connectivity index (χ0) is 14.7. The van der Waals surface area contributed by atoms with Crippen LogP contribution < -0.4 is 10.5 Å². The van der Waals surface area contributed by atoms with Crippen LogP contribution in [0, 0.1) is 6.92 Å². The van der Waals surface area contributed by atoms with Crippen molar-refractivity contribution in [3.63, 3.8) is 0 Å². The smallest absolute Gasteiger partial charge is 0.171 e. The van der Waals surface area contributed by atoms with Gasteiger partial charge >= 0.3 is 0 Å². The zero-order valence-electron chi connectivity index (χ0n) is 11.4. The molecule has 0 amide bonds. The lowest BCUT2D eigenvalue weighted by atomic mass is 10.1. The number of ether oxygens (including phenoxy) is 1. The van der Waals surface area contributed by atoms with Crippen LogP contribution in [-0.2, 0) is 0 Å². The molecule has 108 valence electrons. The summed E-state index contributed by atoms with van der Waals surface area (Å²) in [6.45, 7) is 3.91. The SMILES string of the molecule is CCC(N)C(Oc1cc(Br)ccc1Cl)c1ccc(C)o1. The predicted octanol–water partition coefficient (Wildman–Crippen LogP) is 4.86. The van der Waals surface area contributed by atoms with Gasteiger partial charge in [-0.15, -0.1) is 0 Å². The summed E-state index contributed by atoms with van der Waals surface area (Å²) in [5.41, 5.74) is 6.15. The molecule has 2 rings (SSSR count). The van der Waals surface area contributed by atoms with Gasteiger partial charge in [-0.3, -0.25) is 0 Å². The van der Waals surface area contributed by atoms with Crippen LogP contribution in [-0.4, -0.2) is 6.04 Å². The maximum Gasteiger partial charge on any atom is 0.171 e. The topological polar surface area (TPSA) is 48.4 Å². The summed E-state index contributed by atoms with van der Waals surface area (Å²) >= 11 is 9.57. The highest BCUT2D eigenvalue weighted by molar-refractivity contribution is 9.10. The molecule has 2 atom stereocenters. The zero-order valence-corrected chi connectivity index (χ0v) is 13.7. The molecule has 2 unspecified atom stereocenters. The highest BCUT2D eigenvalue weighted by Crippen LogP contribution is 2.33. The van der Waals surface area contributed by atoms with Gasteiger partial charge in [0.15, 0.2) is 6.10 Å².